The maximum atomic E-state index is 10.8. The molecule has 3 heteroatoms. The third-order valence-electron chi connectivity index (χ3n) is 3.56. The summed E-state index contributed by atoms with van der Waals surface area (Å²) >= 11 is 0. The zero-order valence-corrected chi connectivity index (χ0v) is 16.4. The number of carbonyl (C=O) groups excluding carboxylic acids is 1. The van der Waals surface area contributed by atoms with Gasteiger partial charge in [0.1, 0.15) is 5.76 Å². The maximum absolute atomic E-state index is 10.8. The fourth-order valence-electron chi connectivity index (χ4n) is 2.22. The van der Waals surface area contributed by atoms with E-state index in [1.54, 1.807) is 6.08 Å². The summed E-state index contributed by atoms with van der Waals surface area (Å²) in [6, 6.07) is 0. The highest BCUT2D eigenvalue weighted by Crippen LogP contribution is 2.13. The van der Waals surface area contributed by atoms with Crippen molar-refractivity contribution in [1.29, 1.82) is 0 Å². The standard InChI is InChI=1S/C20H32O3.C2H6/c1-4-20(22)23-17-13-11-9-7-5-6-8-10-12-14-18(2)15-16-19(3)21;1-2/h4,15-16,21H,1-3,5-14,17H2;1-2H3/b16-15-;. The van der Waals surface area contributed by atoms with Gasteiger partial charge < -0.3 is 9.84 Å². The fraction of sp³-hybridized carbons (Fsp3) is 0.591. The van der Waals surface area contributed by atoms with E-state index in [0.717, 1.165) is 31.3 Å². The van der Waals surface area contributed by atoms with Crippen LogP contribution < -0.4 is 0 Å². The Morgan fingerprint density at radius 1 is 0.880 bits per heavy atom. The minimum absolute atomic E-state index is 0.0741. The van der Waals surface area contributed by atoms with Crippen LogP contribution in [0.15, 0.2) is 49.3 Å². The molecule has 0 aliphatic rings. The van der Waals surface area contributed by atoms with Gasteiger partial charge in [0.25, 0.3) is 0 Å². The highest BCUT2D eigenvalue weighted by molar-refractivity contribution is 5.81. The maximum Gasteiger partial charge on any atom is 0.330 e. The first-order valence-corrected chi connectivity index (χ1v) is 9.59. The Bertz CT molecular complexity index is 394. The summed E-state index contributed by atoms with van der Waals surface area (Å²) in [5, 5.41) is 8.95. The third-order valence-corrected chi connectivity index (χ3v) is 3.56. The van der Waals surface area contributed by atoms with Crippen molar-refractivity contribution in [3.63, 3.8) is 0 Å². The number of hydrogen-bond acceptors (Lipinski definition) is 3. The molecule has 0 aliphatic heterocycles. The number of ether oxygens (including phenoxy) is 1. The minimum Gasteiger partial charge on any atom is -0.509 e. The van der Waals surface area contributed by atoms with Crippen molar-refractivity contribution >= 4 is 5.97 Å². The molecule has 0 atom stereocenters. The Morgan fingerprint density at radius 3 is 1.84 bits per heavy atom. The van der Waals surface area contributed by atoms with Crippen LogP contribution in [-0.2, 0) is 9.53 Å². The lowest BCUT2D eigenvalue weighted by Gasteiger charge is -2.04. The monoisotopic (exact) mass is 350 g/mol. The molecule has 0 aromatic rings. The Morgan fingerprint density at radius 2 is 1.36 bits per heavy atom. The van der Waals surface area contributed by atoms with Gasteiger partial charge in [-0.3, -0.25) is 0 Å². The molecule has 0 aromatic heterocycles. The normalized spacial score (nSPS) is 10.0. The van der Waals surface area contributed by atoms with E-state index in [9.17, 15) is 4.79 Å². The molecule has 3 nitrogen and oxygen atoms in total. The van der Waals surface area contributed by atoms with Crippen LogP contribution in [0.4, 0.5) is 0 Å². The second-order valence-electron chi connectivity index (χ2n) is 5.79. The van der Waals surface area contributed by atoms with Crippen LogP contribution >= 0.6 is 0 Å². The molecule has 0 heterocycles. The van der Waals surface area contributed by atoms with E-state index in [1.807, 2.05) is 19.9 Å². The highest BCUT2D eigenvalue weighted by Gasteiger charge is 1.96. The average Bonchev–Trinajstić information content (AvgIpc) is 2.62. The number of carbonyl (C=O) groups is 1. The molecule has 25 heavy (non-hydrogen) atoms. The second kappa shape index (κ2) is 20.3. The van der Waals surface area contributed by atoms with Gasteiger partial charge in [-0.25, -0.2) is 4.79 Å². The molecular weight excluding hydrogens is 312 g/mol. The number of unbranched alkanes of at least 4 members (excludes halogenated alkanes) is 8. The molecule has 0 rings (SSSR count). The Labute approximate surface area is 155 Å². The first-order valence-electron chi connectivity index (χ1n) is 9.59. The molecule has 0 bridgehead atoms. The van der Waals surface area contributed by atoms with Gasteiger partial charge in [0.05, 0.1) is 6.61 Å². The molecule has 0 unspecified atom stereocenters. The molecule has 0 aromatic carbocycles. The van der Waals surface area contributed by atoms with E-state index in [4.69, 9.17) is 9.84 Å². The number of hydrogen-bond donors (Lipinski definition) is 1. The van der Waals surface area contributed by atoms with E-state index in [0.29, 0.717) is 6.61 Å². The van der Waals surface area contributed by atoms with Gasteiger partial charge in [-0.2, -0.15) is 0 Å². The average molecular weight is 351 g/mol. The molecule has 0 amide bonds. The number of rotatable bonds is 15. The first kappa shape index (κ1) is 25.5. The number of aliphatic hydroxyl groups is 1. The molecule has 0 fully saturated rings. The van der Waals surface area contributed by atoms with Gasteiger partial charge in [-0.1, -0.05) is 90.2 Å². The molecular formula is C22H38O3. The molecule has 144 valence electrons. The van der Waals surface area contributed by atoms with Gasteiger partial charge >= 0.3 is 5.97 Å². The predicted molar refractivity (Wildman–Crippen MR) is 109 cm³/mol. The van der Waals surface area contributed by atoms with Gasteiger partial charge in [0.15, 0.2) is 0 Å². The van der Waals surface area contributed by atoms with Crippen LogP contribution in [0.2, 0.25) is 0 Å². The largest absolute Gasteiger partial charge is 0.509 e. The minimum atomic E-state index is -0.329. The lowest BCUT2D eigenvalue weighted by molar-refractivity contribution is -0.137. The zero-order valence-electron chi connectivity index (χ0n) is 16.4. The van der Waals surface area contributed by atoms with Crippen LogP contribution in [-0.4, -0.2) is 17.7 Å². The summed E-state index contributed by atoms with van der Waals surface area (Å²) in [4.78, 5) is 10.8. The van der Waals surface area contributed by atoms with Crippen molar-refractivity contribution in [3.05, 3.63) is 49.3 Å². The van der Waals surface area contributed by atoms with Gasteiger partial charge in [-0.15, -0.1) is 0 Å². The molecule has 0 saturated carbocycles. The summed E-state index contributed by atoms with van der Waals surface area (Å²) in [5.74, 6) is -0.255. The van der Waals surface area contributed by atoms with Crippen LogP contribution in [0.5, 0.6) is 0 Å². The van der Waals surface area contributed by atoms with Crippen molar-refractivity contribution in [1.82, 2.24) is 0 Å². The summed E-state index contributed by atoms with van der Waals surface area (Å²) in [6.07, 6.45) is 16.3. The number of aliphatic hydroxyl groups excluding tert-OH is 1. The lowest BCUT2D eigenvalue weighted by atomic mass is 10.0. The van der Waals surface area contributed by atoms with Gasteiger partial charge in [0.2, 0.25) is 0 Å². The molecule has 0 radical (unpaired) electrons. The topological polar surface area (TPSA) is 46.5 Å². The molecule has 0 spiro atoms. The fourth-order valence-corrected chi connectivity index (χ4v) is 2.22. The summed E-state index contributed by atoms with van der Waals surface area (Å²) < 4.78 is 4.93. The summed E-state index contributed by atoms with van der Waals surface area (Å²) in [7, 11) is 0. The quantitative estimate of drug-likeness (QED) is 0.116. The number of allylic oxidation sites excluding steroid dienone is 3. The van der Waals surface area contributed by atoms with Crippen molar-refractivity contribution in [3.8, 4) is 0 Å². The van der Waals surface area contributed by atoms with E-state index >= 15 is 0 Å². The van der Waals surface area contributed by atoms with Crippen LogP contribution in [0.3, 0.4) is 0 Å². The van der Waals surface area contributed by atoms with Gasteiger partial charge in [-0.05, 0) is 25.3 Å². The van der Waals surface area contributed by atoms with Crippen LogP contribution in [0, 0.1) is 0 Å². The van der Waals surface area contributed by atoms with E-state index in [-0.39, 0.29) is 11.7 Å². The SMILES string of the molecule is C=CC(=O)OCCCCCCCCCCCC(=C)/C=C\C(=C)O.CC. The van der Waals surface area contributed by atoms with Crippen molar-refractivity contribution in [2.75, 3.05) is 6.61 Å². The van der Waals surface area contributed by atoms with Crippen LogP contribution in [0.25, 0.3) is 0 Å². The van der Waals surface area contributed by atoms with Gasteiger partial charge in [0, 0.05) is 6.08 Å². The van der Waals surface area contributed by atoms with E-state index in [1.165, 1.54) is 44.6 Å². The Hall–Kier alpha value is -1.77. The zero-order chi connectivity index (χ0) is 19.3. The second-order valence-corrected chi connectivity index (χ2v) is 5.79. The third kappa shape index (κ3) is 22.2. The lowest BCUT2D eigenvalue weighted by Crippen LogP contribution is -2.01. The van der Waals surface area contributed by atoms with E-state index in [2.05, 4.69) is 19.7 Å². The molecule has 0 saturated heterocycles. The van der Waals surface area contributed by atoms with E-state index < -0.39 is 0 Å². The van der Waals surface area contributed by atoms with Crippen molar-refractivity contribution < 1.29 is 14.6 Å². The Kier molecular flexibility index (Phi) is 20.7. The summed E-state index contributed by atoms with van der Waals surface area (Å²) in [5.41, 5.74) is 1.04. The highest BCUT2D eigenvalue weighted by atomic mass is 16.5. The summed E-state index contributed by atoms with van der Waals surface area (Å²) in [6.45, 7) is 15.2. The smallest absolute Gasteiger partial charge is 0.330 e. The van der Waals surface area contributed by atoms with Crippen molar-refractivity contribution in [2.45, 2.75) is 78.1 Å². The molecule has 0 aliphatic carbocycles. The Balaban J connectivity index is 0. The first-order chi connectivity index (χ1) is 12.1. The predicted octanol–water partition coefficient (Wildman–Crippen LogP) is 6.83. The molecule has 1 N–H and O–H groups in total. The number of esters is 1. The van der Waals surface area contributed by atoms with Crippen LogP contribution in [0.1, 0.15) is 78.1 Å². The van der Waals surface area contributed by atoms with Crippen molar-refractivity contribution in [2.24, 2.45) is 0 Å².